The number of halogens is 1. The Labute approximate surface area is 166 Å². The molecule has 0 unspecified atom stereocenters. The summed E-state index contributed by atoms with van der Waals surface area (Å²) in [6.45, 7) is 1.93. The fourth-order valence-electron chi connectivity index (χ4n) is 4.06. The van der Waals surface area contributed by atoms with E-state index in [0.29, 0.717) is 11.4 Å². The van der Waals surface area contributed by atoms with Crippen LogP contribution in [-0.2, 0) is 17.8 Å². The molecule has 0 radical (unpaired) electrons. The van der Waals surface area contributed by atoms with E-state index in [2.05, 4.69) is 15.6 Å². The number of rotatable bonds is 5. The van der Waals surface area contributed by atoms with Crippen LogP contribution in [0.3, 0.4) is 0 Å². The Bertz CT molecular complexity index is 838. The smallest absolute Gasteiger partial charge is 0.322 e. The maximum Gasteiger partial charge on any atom is 0.325 e. The number of imide groups is 1. The van der Waals surface area contributed by atoms with E-state index in [1.54, 1.807) is 11.7 Å². The van der Waals surface area contributed by atoms with Crippen LogP contribution in [0.25, 0.3) is 0 Å². The second-order valence-electron chi connectivity index (χ2n) is 7.05. The van der Waals surface area contributed by atoms with Crippen LogP contribution in [-0.4, -0.2) is 40.5 Å². The number of benzene rings is 1. The van der Waals surface area contributed by atoms with Gasteiger partial charge in [-0.3, -0.25) is 14.7 Å². The molecule has 1 aromatic carbocycles. The van der Waals surface area contributed by atoms with Gasteiger partial charge in [-0.05, 0) is 43.5 Å². The van der Waals surface area contributed by atoms with Gasteiger partial charge in [-0.25, -0.2) is 4.79 Å². The van der Waals surface area contributed by atoms with Crippen molar-refractivity contribution in [1.82, 2.24) is 20.5 Å². The van der Waals surface area contributed by atoms with Crippen LogP contribution in [0.15, 0.2) is 36.0 Å². The Morgan fingerprint density at radius 3 is 2.74 bits per heavy atom. The molecule has 4 rings (SSSR count). The minimum absolute atomic E-state index is 0.0675. The van der Waals surface area contributed by atoms with Gasteiger partial charge in [-0.2, -0.15) is 0 Å². The lowest BCUT2D eigenvalue weighted by Crippen LogP contribution is -2.57. The summed E-state index contributed by atoms with van der Waals surface area (Å²) in [5.41, 5.74) is 1.64. The fraction of sp³-hybridized carbons (Fsp3) is 0.421. The van der Waals surface area contributed by atoms with E-state index in [1.165, 1.54) is 16.2 Å². The summed E-state index contributed by atoms with van der Waals surface area (Å²) in [5, 5.41) is 7.01. The van der Waals surface area contributed by atoms with E-state index in [1.807, 2.05) is 24.3 Å². The second-order valence-corrected chi connectivity index (χ2v) is 8.43. The zero-order valence-electron chi connectivity index (χ0n) is 14.8. The summed E-state index contributed by atoms with van der Waals surface area (Å²) in [6, 6.07) is 7.20. The van der Waals surface area contributed by atoms with Crippen molar-refractivity contribution in [3.8, 4) is 0 Å². The molecule has 3 heterocycles. The number of amides is 3. The van der Waals surface area contributed by atoms with Gasteiger partial charge in [0.25, 0.3) is 5.91 Å². The third kappa shape index (κ3) is 3.47. The van der Waals surface area contributed by atoms with E-state index in [9.17, 15) is 9.59 Å². The van der Waals surface area contributed by atoms with Crippen LogP contribution in [0.4, 0.5) is 4.79 Å². The first kappa shape index (κ1) is 18.4. The minimum Gasteiger partial charge on any atom is -0.322 e. The molecule has 2 N–H and O–H groups in total. The standard InChI is InChI=1S/C19H21ClN4O2S/c20-16-4-2-1-3-13(16)9-19(14-5-7-21-8-6-14)17(25)24(18(26)23-19)11-15-10-22-12-27-15/h1-4,10,12,14,21H,5-9,11H2,(H,23,26)/t19-/m0/s1. The topological polar surface area (TPSA) is 74.3 Å². The molecule has 6 nitrogen and oxygen atoms in total. The van der Waals surface area contributed by atoms with Crippen molar-refractivity contribution in [3.05, 3.63) is 51.4 Å². The van der Waals surface area contributed by atoms with Crippen LogP contribution in [0.5, 0.6) is 0 Å². The highest BCUT2D eigenvalue weighted by Crippen LogP contribution is 2.37. The monoisotopic (exact) mass is 404 g/mol. The highest BCUT2D eigenvalue weighted by Gasteiger charge is 2.55. The Morgan fingerprint density at radius 2 is 2.04 bits per heavy atom. The number of thiazole rings is 1. The number of carbonyl (C=O) groups excluding carboxylic acids is 2. The average molecular weight is 405 g/mol. The number of nitrogens with zero attached hydrogens (tertiary/aromatic N) is 2. The number of carbonyl (C=O) groups is 2. The summed E-state index contributed by atoms with van der Waals surface area (Å²) in [4.78, 5) is 32.6. The van der Waals surface area contributed by atoms with Crippen molar-refractivity contribution >= 4 is 34.9 Å². The molecular formula is C19H21ClN4O2S. The van der Waals surface area contributed by atoms with Crippen molar-refractivity contribution in [2.24, 2.45) is 5.92 Å². The van der Waals surface area contributed by atoms with Crippen LogP contribution in [0, 0.1) is 5.92 Å². The highest BCUT2D eigenvalue weighted by molar-refractivity contribution is 7.09. The molecule has 0 spiro atoms. The molecule has 1 atom stereocenters. The molecule has 27 heavy (non-hydrogen) atoms. The molecule has 0 aliphatic carbocycles. The minimum atomic E-state index is -0.950. The Kier molecular flexibility index (Phi) is 5.16. The van der Waals surface area contributed by atoms with Crippen LogP contribution in [0.2, 0.25) is 5.02 Å². The van der Waals surface area contributed by atoms with Crippen LogP contribution in [0.1, 0.15) is 23.3 Å². The van der Waals surface area contributed by atoms with Gasteiger partial charge < -0.3 is 10.6 Å². The first-order valence-electron chi connectivity index (χ1n) is 9.06. The predicted octanol–water partition coefficient (Wildman–Crippen LogP) is 2.83. The number of hydrogen-bond donors (Lipinski definition) is 2. The van der Waals surface area contributed by atoms with Crippen molar-refractivity contribution < 1.29 is 9.59 Å². The lowest BCUT2D eigenvalue weighted by atomic mass is 9.74. The molecule has 0 saturated carbocycles. The number of piperidine rings is 1. The summed E-state index contributed by atoms with van der Waals surface area (Å²) >= 11 is 7.82. The first-order valence-corrected chi connectivity index (χ1v) is 10.3. The summed E-state index contributed by atoms with van der Waals surface area (Å²) in [7, 11) is 0. The lowest BCUT2D eigenvalue weighted by Gasteiger charge is -2.38. The largest absolute Gasteiger partial charge is 0.325 e. The van der Waals surface area contributed by atoms with E-state index >= 15 is 0 Å². The molecule has 2 aliphatic rings. The summed E-state index contributed by atoms with van der Waals surface area (Å²) in [6.07, 6.45) is 3.78. The van der Waals surface area contributed by atoms with Gasteiger partial charge in [-0.15, -0.1) is 11.3 Å². The average Bonchev–Trinajstić information content (AvgIpc) is 3.28. The SMILES string of the molecule is O=C1N[C@@](Cc2ccccc2Cl)(C2CCNCC2)C(=O)N1Cc1cncs1. The number of aromatic nitrogens is 1. The molecule has 2 aromatic rings. The van der Waals surface area contributed by atoms with Crippen molar-refractivity contribution in [1.29, 1.82) is 0 Å². The van der Waals surface area contributed by atoms with Gasteiger partial charge in [0.1, 0.15) is 5.54 Å². The Morgan fingerprint density at radius 1 is 1.26 bits per heavy atom. The zero-order valence-corrected chi connectivity index (χ0v) is 16.4. The van der Waals surface area contributed by atoms with E-state index in [0.717, 1.165) is 36.4 Å². The van der Waals surface area contributed by atoms with Gasteiger partial charge in [0, 0.05) is 22.5 Å². The van der Waals surface area contributed by atoms with Gasteiger partial charge >= 0.3 is 6.03 Å². The molecule has 2 aliphatic heterocycles. The van der Waals surface area contributed by atoms with Gasteiger partial charge in [0.05, 0.1) is 12.1 Å². The van der Waals surface area contributed by atoms with Crippen molar-refractivity contribution in [3.63, 3.8) is 0 Å². The molecular weight excluding hydrogens is 384 g/mol. The normalized spacial score (nSPS) is 23.7. The predicted molar refractivity (Wildman–Crippen MR) is 105 cm³/mol. The molecule has 2 fully saturated rings. The van der Waals surface area contributed by atoms with Gasteiger partial charge in [0.2, 0.25) is 0 Å². The third-order valence-corrected chi connectivity index (χ3v) is 6.60. The summed E-state index contributed by atoms with van der Waals surface area (Å²) in [5.74, 6) is -0.0920. The van der Waals surface area contributed by atoms with Crippen LogP contribution >= 0.6 is 22.9 Å². The van der Waals surface area contributed by atoms with Gasteiger partial charge in [-0.1, -0.05) is 29.8 Å². The number of urea groups is 1. The lowest BCUT2D eigenvalue weighted by molar-refractivity contribution is -0.134. The molecule has 2 saturated heterocycles. The third-order valence-electron chi connectivity index (χ3n) is 5.46. The summed E-state index contributed by atoms with van der Waals surface area (Å²) < 4.78 is 0. The Balaban J connectivity index is 1.68. The maximum atomic E-state index is 13.5. The van der Waals surface area contributed by atoms with Crippen molar-refractivity contribution in [2.75, 3.05) is 13.1 Å². The first-order chi connectivity index (χ1) is 13.1. The quantitative estimate of drug-likeness (QED) is 0.751. The van der Waals surface area contributed by atoms with Gasteiger partial charge in [0.15, 0.2) is 0 Å². The number of hydrogen-bond acceptors (Lipinski definition) is 5. The van der Waals surface area contributed by atoms with E-state index < -0.39 is 5.54 Å². The molecule has 3 amide bonds. The Hall–Kier alpha value is -1.96. The fourth-order valence-corrected chi connectivity index (χ4v) is 4.85. The maximum absolute atomic E-state index is 13.5. The van der Waals surface area contributed by atoms with Crippen molar-refractivity contribution in [2.45, 2.75) is 31.3 Å². The number of nitrogens with one attached hydrogen (secondary N) is 2. The second kappa shape index (κ2) is 7.58. The molecule has 142 valence electrons. The molecule has 0 bridgehead atoms. The zero-order chi connectivity index (χ0) is 18.9. The van der Waals surface area contributed by atoms with Crippen LogP contribution < -0.4 is 10.6 Å². The highest BCUT2D eigenvalue weighted by atomic mass is 35.5. The van der Waals surface area contributed by atoms with E-state index in [-0.39, 0.29) is 24.4 Å². The molecule has 1 aromatic heterocycles. The molecule has 8 heteroatoms. The van der Waals surface area contributed by atoms with E-state index in [4.69, 9.17) is 11.6 Å².